The van der Waals surface area contributed by atoms with E-state index in [-0.39, 0.29) is 11.3 Å². The molecule has 3 N–H and O–H groups in total. The molecular formula is C17H13BrN6O5S4. The summed E-state index contributed by atoms with van der Waals surface area (Å²) in [7, 11) is 0. The number of rotatable bonds is 9. The van der Waals surface area contributed by atoms with Crippen molar-refractivity contribution in [1.29, 1.82) is 0 Å². The van der Waals surface area contributed by atoms with E-state index < -0.39 is 29.2 Å². The summed E-state index contributed by atoms with van der Waals surface area (Å²) >= 11 is 8.39. The zero-order chi connectivity index (χ0) is 23.5. The number of aliphatic carboxylic acids is 1. The molecule has 0 spiro atoms. The second-order valence-corrected chi connectivity index (χ2v) is 10.9. The monoisotopic (exact) mass is 588 g/mol. The number of aromatic nitrogens is 3. The third-order valence-electron chi connectivity index (χ3n) is 4.56. The Hall–Kier alpha value is -2.27. The minimum Gasteiger partial charge on any atom is -0.477 e. The zero-order valence-corrected chi connectivity index (χ0v) is 21.1. The molecule has 4 rings (SSSR count). The normalized spacial score (nSPS) is 20.2. The van der Waals surface area contributed by atoms with Crippen molar-refractivity contribution < 1.29 is 24.3 Å². The summed E-state index contributed by atoms with van der Waals surface area (Å²) in [6.45, 7) is 0. The molecule has 3 amide bonds. The molecule has 16 heteroatoms. The highest BCUT2D eigenvalue weighted by Gasteiger charge is 2.54. The van der Waals surface area contributed by atoms with Gasteiger partial charge in [-0.1, -0.05) is 39.0 Å². The summed E-state index contributed by atoms with van der Waals surface area (Å²) in [5.41, 5.74) is 2.64. The predicted molar refractivity (Wildman–Crippen MR) is 129 cm³/mol. The Balaban J connectivity index is 1.46. The first-order valence-electron chi connectivity index (χ1n) is 9.00. The Morgan fingerprint density at radius 2 is 2.21 bits per heavy atom. The van der Waals surface area contributed by atoms with Crippen molar-refractivity contribution in [3.63, 3.8) is 0 Å². The van der Waals surface area contributed by atoms with Gasteiger partial charge in [-0.2, -0.15) is 0 Å². The number of carboxylic acid groups (broad SMARTS) is 1. The molecule has 0 radical (unpaired) electrons. The lowest BCUT2D eigenvalue weighted by atomic mass is 10.0. The molecule has 0 saturated carbocycles. The lowest BCUT2D eigenvalue weighted by molar-refractivity contribution is -0.150. The number of carbonyl (C=O) groups excluding carboxylic acids is 3. The highest BCUT2D eigenvalue weighted by molar-refractivity contribution is 9.11. The SMILES string of the molecule is O=CNc1nc(C(=CBr)C(=O)NC2C(=O)N3C(C(=O)O)=C(CSc4nncs4)CS[C@H]23)cs1. The minimum absolute atomic E-state index is 0.0494. The summed E-state index contributed by atoms with van der Waals surface area (Å²) in [5, 5.41) is 23.9. The van der Waals surface area contributed by atoms with Crippen molar-refractivity contribution in [2.45, 2.75) is 15.8 Å². The first-order valence-corrected chi connectivity index (χ1v) is 13.7. The largest absolute Gasteiger partial charge is 0.477 e. The molecule has 1 fully saturated rings. The number of hydrogen-bond donors (Lipinski definition) is 3. The number of nitrogens with zero attached hydrogens (tertiary/aromatic N) is 4. The van der Waals surface area contributed by atoms with Gasteiger partial charge in [0.1, 0.15) is 22.6 Å². The number of halogens is 1. The van der Waals surface area contributed by atoms with Gasteiger partial charge < -0.3 is 15.7 Å². The van der Waals surface area contributed by atoms with E-state index >= 15 is 0 Å². The van der Waals surface area contributed by atoms with E-state index in [1.165, 1.54) is 44.7 Å². The molecule has 4 heterocycles. The molecule has 0 bridgehead atoms. The molecule has 2 aliphatic heterocycles. The molecule has 2 aromatic heterocycles. The number of nitrogens with one attached hydrogen (secondary N) is 2. The van der Waals surface area contributed by atoms with Crippen molar-refractivity contribution in [3.8, 4) is 0 Å². The number of amides is 3. The third kappa shape index (κ3) is 4.84. The average molecular weight is 590 g/mol. The van der Waals surface area contributed by atoms with Crippen molar-refractivity contribution in [3.05, 3.63) is 32.8 Å². The smallest absolute Gasteiger partial charge is 0.352 e. The summed E-state index contributed by atoms with van der Waals surface area (Å²) in [6, 6.07) is -0.872. The number of thioether (sulfide) groups is 2. The summed E-state index contributed by atoms with van der Waals surface area (Å²) in [5.74, 6) is -1.46. The fourth-order valence-electron chi connectivity index (χ4n) is 3.12. The molecule has 33 heavy (non-hydrogen) atoms. The zero-order valence-electron chi connectivity index (χ0n) is 16.3. The van der Waals surface area contributed by atoms with Gasteiger partial charge in [-0.25, -0.2) is 9.78 Å². The molecule has 11 nitrogen and oxygen atoms in total. The van der Waals surface area contributed by atoms with Crippen LogP contribution in [0.1, 0.15) is 5.69 Å². The first-order chi connectivity index (χ1) is 15.9. The van der Waals surface area contributed by atoms with E-state index in [9.17, 15) is 24.3 Å². The van der Waals surface area contributed by atoms with Gasteiger partial charge in [0, 0.05) is 16.9 Å². The van der Waals surface area contributed by atoms with Gasteiger partial charge in [0.05, 0.1) is 11.3 Å². The summed E-state index contributed by atoms with van der Waals surface area (Å²) in [6.07, 6.45) is 0.482. The number of fused-ring (bicyclic) bond motifs is 1. The molecule has 1 saturated heterocycles. The van der Waals surface area contributed by atoms with Crippen molar-refractivity contribution in [2.75, 3.05) is 16.8 Å². The van der Waals surface area contributed by atoms with Gasteiger partial charge >= 0.3 is 5.97 Å². The van der Waals surface area contributed by atoms with Crippen molar-refractivity contribution in [1.82, 2.24) is 25.4 Å². The van der Waals surface area contributed by atoms with E-state index in [1.807, 2.05) is 0 Å². The Morgan fingerprint density at radius 3 is 2.88 bits per heavy atom. The number of hydrogen-bond acceptors (Lipinski definition) is 11. The third-order valence-corrected chi connectivity index (χ3v) is 9.08. The molecule has 0 aromatic carbocycles. The summed E-state index contributed by atoms with van der Waals surface area (Å²) < 4.78 is 0.710. The minimum atomic E-state index is -1.19. The van der Waals surface area contributed by atoms with Crippen LogP contribution in [0.5, 0.6) is 0 Å². The molecule has 2 aliphatic rings. The second-order valence-electron chi connectivity index (χ2n) is 6.43. The molecule has 2 atom stereocenters. The van der Waals surface area contributed by atoms with E-state index in [4.69, 9.17) is 0 Å². The van der Waals surface area contributed by atoms with Crippen molar-refractivity contribution in [2.24, 2.45) is 0 Å². The summed E-state index contributed by atoms with van der Waals surface area (Å²) in [4.78, 5) is 54.9. The lowest BCUT2D eigenvalue weighted by Gasteiger charge is -2.49. The number of anilines is 1. The molecule has 2 aromatic rings. The van der Waals surface area contributed by atoms with E-state index in [1.54, 1.807) is 10.9 Å². The van der Waals surface area contributed by atoms with Crippen LogP contribution in [-0.2, 0) is 19.2 Å². The predicted octanol–water partition coefficient (Wildman–Crippen LogP) is 1.83. The highest BCUT2D eigenvalue weighted by Crippen LogP contribution is 2.42. The first kappa shape index (κ1) is 23.9. The maximum Gasteiger partial charge on any atom is 0.352 e. The van der Waals surface area contributed by atoms with Gasteiger partial charge in [-0.3, -0.25) is 19.3 Å². The van der Waals surface area contributed by atoms with Crippen LogP contribution in [0, 0.1) is 0 Å². The van der Waals surface area contributed by atoms with Crippen LogP contribution >= 0.6 is 62.1 Å². The van der Waals surface area contributed by atoms with Crippen molar-refractivity contribution >= 4 is 97.0 Å². The maximum atomic E-state index is 12.8. The lowest BCUT2D eigenvalue weighted by Crippen LogP contribution is -2.70. The average Bonchev–Trinajstić information content (AvgIpc) is 3.48. The number of thiazole rings is 1. The Bertz CT molecular complexity index is 1170. The quantitative estimate of drug-likeness (QED) is 0.171. The van der Waals surface area contributed by atoms with E-state index in [0.717, 1.165) is 11.3 Å². The molecule has 172 valence electrons. The van der Waals surface area contributed by atoms with Crippen LogP contribution in [0.3, 0.4) is 0 Å². The molecule has 0 aliphatic carbocycles. The van der Waals surface area contributed by atoms with Crippen LogP contribution in [0.2, 0.25) is 0 Å². The fourth-order valence-corrected chi connectivity index (χ4v) is 7.21. The van der Waals surface area contributed by atoms with Crippen LogP contribution in [-0.4, -0.2) is 72.3 Å². The second kappa shape index (κ2) is 10.3. The van der Waals surface area contributed by atoms with E-state index in [0.29, 0.717) is 38.7 Å². The number of carboxylic acids is 1. The maximum absolute atomic E-state index is 12.8. The van der Waals surface area contributed by atoms with Gasteiger partial charge in [0.25, 0.3) is 11.8 Å². The fraction of sp³-hybridized carbons (Fsp3) is 0.235. The molecule has 1 unspecified atom stereocenters. The van der Waals surface area contributed by atoms with Crippen LogP contribution in [0.4, 0.5) is 5.13 Å². The molecular weight excluding hydrogens is 576 g/mol. The van der Waals surface area contributed by atoms with Gasteiger partial charge in [-0.05, 0) is 10.6 Å². The number of β-lactam (4-membered cyclic amide) rings is 1. The standard InChI is InChI=1S/C17H13BrN6O5S4/c18-1-8(9-4-31-16(21-9)19-5-25)12(26)22-10-13(27)24-11(15(28)29)7(2-30-14(10)24)3-32-17-23-20-6-33-17/h1,4-6,10,14H,2-3H2,(H,22,26)(H,28,29)(H,19,21,25)/t10?,14-/m1/s1. The van der Waals surface area contributed by atoms with Crippen LogP contribution in [0.25, 0.3) is 5.57 Å². The highest BCUT2D eigenvalue weighted by atomic mass is 79.9. The van der Waals surface area contributed by atoms with Gasteiger partial charge in [-0.15, -0.1) is 33.3 Å². The Labute approximate surface area is 211 Å². The number of carbonyl (C=O) groups is 4. The van der Waals surface area contributed by atoms with Crippen LogP contribution in [0.15, 0.2) is 31.5 Å². The van der Waals surface area contributed by atoms with E-state index in [2.05, 4.69) is 41.7 Å². The van der Waals surface area contributed by atoms with Gasteiger partial charge in [0.15, 0.2) is 9.47 Å². The van der Waals surface area contributed by atoms with Crippen LogP contribution < -0.4 is 10.6 Å². The topological polar surface area (TPSA) is 154 Å². The Morgan fingerprint density at radius 1 is 1.39 bits per heavy atom. The Kier molecular flexibility index (Phi) is 7.48. The van der Waals surface area contributed by atoms with Gasteiger partial charge in [0.2, 0.25) is 6.41 Å².